The Bertz CT molecular complexity index is 1280. The van der Waals surface area contributed by atoms with Crippen molar-refractivity contribution in [2.24, 2.45) is 5.10 Å². The van der Waals surface area contributed by atoms with Gasteiger partial charge in [0.25, 0.3) is 15.9 Å². The van der Waals surface area contributed by atoms with Gasteiger partial charge in [-0.15, -0.1) is 0 Å². The minimum absolute atomic E-state index is 0.0766. The van der Waals surface area contributed by atoms with Crippen LogP contribution in [0.15, 0.2) is 76.7 Å². The third-order valence-corrected chi connectivity index (χ3v) is 6.86. The fraction of sp³-hybridized carbons (Fsp3) is 0.167. The van der Waals surface area contributed by atoms with Crippen molar-refractivity contribution in [1.29, 1.82) is 0 Å². The summed E-state index contributed by atoms with van der Waals surface area (Å²) in [5.74, 6) is -0.0120. The monoisotopic (exact) mass is 485 g/mol. The number of para-hydroxylation sites is 1. The average Bonchev–Trinajstić information content (AvgIpc) is 2.78. The van der Waals surface area contributed by atoms with Crippen molar-refractivity contribution in [3.05, 3.63) is 88.4 Å². The molecule has 0 spiro atoms. The molecule has 1 amide bonds. The first-order valence-corrected chi connectivity index (χ1v) is 11.8. The quantitative estimate of drug-likeness (QED) is 0.380. The third kappa shape index (κ3) is 5.91. The van der Waals surface area contributed by atoms with Crippen molar-refractivity contribution in [3.8, 4) is 5.75 Å². The summed E-state index contributed by atoms with van der Waals surface area (Å²) in [7, 11) is -2.50. The number of methoxy groups -OCH3 is 1. The second-order valence-corrected chi connectivity index (χ2v) is 9.59. The Morgan fingerprint density at radius 2 is 1.79 bits per heavy atom. The van der Waals surface area contributed by atoms with Gasteiger partial charge in [-0.05, 0) is 61.9 Å². The van der Waals surface area contributed by atoms with Crippen LogP contribution < -0.4 is 14.5 Å². The topological polar surface area (TPSA) is 88.1 Å². The first-order valence-electron chi connectivity index (χ1n) is 10.0. The standard InChI is InChI=1S/C24H24ClN3O4S/c1-17-8-11-21(12-9-17)33(30,31)28(22-13-10-20(25)14-18(22)2)16-24(29)27-26-15-19-6-4-5-7-23(19)32-3/h4-15H,16H2,1-3H3,(H,27,29)/b26-15-. The number of hydrogen-bond acceptors (Lipinski definition) is 5. The number of nitrogens with zero attached hydrogens (tertiary/aromatic N) is 2. The summed E-state index contributed by atoms with van der Waals surface area (Å²) in [4.78, 5) is 12.8. The van der Waals surface area contributed by atoms with Gasteiger partial charge in [-0.1, -0.05) is 41.4 Å². The van der Waals surface area contributed by atoms with E-state index in [1.54, 1.807) is 49.4 Å². The van der Waals surface area contributed by atoms with E-state index in [1.165, 1.54) is 25.5 Å². The molecule has 0 saturated heterocycles. The molecule has 33 heavy (non-hydrogen) atoms. The van der Waals surface area contributed by atoms with Gasteiger partial charge in [-0.3, -0.25) is 9.10 Å². The number of benzene rings is 3. The zero-order valence-electron chi connectivity index (χ0n) is 18.4. The maximum absolute atomic E-state index is 13.5. The highest BCUT2D eigenvalue weighted by Gasteiger charge is 2.28. The van der Waals surface area contributed by atoms with E-state index in [1.807, 2.05) is 19.1 Å². The van der Waals surface area contributed by atoms with Gasteiger partial charge in [-0.2, -0.15) is 5.10 Å². The molecule has 3 aromatic rings. The highest BCUT2D eigenvalue weighted by atomic mass is 35.5. The number of nitrogens with one attached hydrogen (secondary N) is 1. The van der Waals surface area contributed by atoms with E-state index in [4.69, 9.17) is 16.3 Å². The van der Waals surface area contributed by atoms with Crippen molar-refractivity contribution < 1.29 is 17.9 Å². The summed E-state index contributed by atoms with van der Waals surface area (Å²) in [6, 6.07) is 18.4. The van der Waals surface area contributed by atoms with Gasteiger partial charge in [0.2, 0.25) is 0 Å². The Kier molecular flexibility index (Phi) is 7.73. The molecule has 0 bridgehead atoms. The summed E-state index contributed by atoms with van der Waals surface area (Å²) in [5.41, 5.74) is 4.94. The van der Waals surface area contributed by atoms with Crippen molar-refractivity contribution in [2.75, 3.05) is 18.0 Å². The minimum atomic E-state index is -4.03. The van der Waals surface area contributed by atoms with Gasteiger partial charge >= 0.3 is 0 Å². The second kappa shape index (κ2) is 10.5. The molecule has 172 valence electrons. The zero-order chi connectivity index (χ0) is 24.0. The van der Waals surface area contributed by atoms with E-state index in [-0.39, 0.29) is 4.90 Å². The Balaban J connectivity index is 1.89. The molecule has 0 heterocycles. The van der Waals surface area contributed by atoms with Gasteiger partial charge in [0.15, 0.2) is 0 Å². The molecule has 0 aliphatic heterocycles. The highest BCUT2D eigenvalue weighted by molar-refractivity contribution is 7.92. The van der Waals surface area contributed by atoms with Gasteiger partial charge in [0.05, 0.1) is 23.9 Å². The molecule has 0 aliphatic carbocycles. The number of ether oxygens (including phenoxy) is 1. The lowest BCUT2D eigenvalue weighted by Crippen LogP contribution is -2.40. The lowest BCUT2D eigenvalue weighted by molar-refractivity contribution is -0.119. The van der Waals surface area contributed by atoms with Crippen LogP contribution in [0.2, 0.25) is 5.02 Å². The molecule has 0 atom stereocenters. The van der Waals surface area contributed by atoms with E-state index in [9.17, 15) is 13.2 Å². The fourth-order valence-electron chi connectivity index (χ4n) is 3.15. The number of amides is 1. The number of hydrazone groups is 1. The number of carbonyl (C=O) groups excluding carboxylic acids is 1. The van der Waals surface area contributed by atoms with Gasteiger partial charge in [0, 0.05) is 10.6 Å². The first kappa shape index (κ1) is 24.3. The molecular weight excluding hydrogens is 462 g/mol. The number of rotatable bonds is 8. The molecule has 0 saturated carbocycles. The first-order chi connectivity index (χ1) is 15.7. The van der Waals surface area contributed by atoms with Gasteiger partial charge < -0.3 is 4.74 Å². The smallest absolute Gasteiger partial charge is 0.264 e. The number of hydrogen-bond donors (Lipinski definition) is 1. The Morgan fingerprint density at radius 1 is 1.09 bits per heavy atom. The molecule has 0 fully saturated rings. The van der Waals surface area contributed by atoms with Crippen LogP contribution in [0.4, 0.5) is 5.69 Å². The minimum Gasteiger partial charge on any atom is -0.496 e. The summed E-state index contributed by atoms with van der Waals surface area (Å²) in [5, 5.41) is 4.42. The van der Waals surface area contributed by atoms with Crippen LogP contribution in [0.3, 0.4) is 0 Å². The van der Waals surface area contributed by atoms with Crippen LogP contribution in [0.25, 0.3) is 0 Å². The van der Waals surface area contributed by atoms with Crippen molar-refractivity contribution in [1.82, 2.24) is 5.43 Å². The molecule has 7 nitrogen and oxygen atoms in total. The fourth-order valence-corrected chi connectivity index (χ4v) is 4.86. The Morgan fingerprint density at radius 3 is 2.45 bits per heavy atom. The second-order valence-electron chi connectivity index (χ2n) is 7.29. The van der Waals surface area contributed by atoms with Crippen LogP contribution in [0.1, 0.15) is 16.7 Å². The van der Waals surface area contributed by atoms with E-state index in [2.05, 4.69) is 10.5 Å². The highest BCUT2D eigenvalue weighted by Crippen LogP contribution is 2.29. The molecule has 0 aliphatic rings. The van der Waals surface area contributed by atoms with Gasteiger partial charge in [0.1, 0.15) is 12.3 Å². The average molecular weight is 486 g/mol. The third-order valence-electron chi connectivity index (χ3n) is 4.86. The predicted octanol–water partition coefficient (Wildman–Crippen LogP) is 4.31. The van der Waals surface area contributed by atoms with Crippen LogP contribution in [-0.2, 0) is 14.8 Å². The van der Waals surface area contributed by atoms with Crippen LogP contribution >= 0.6 is 11.6 Å². The lowest BCUT2D eigenvalue weighted by atomic mass is 10.2. The normalized spacial score (nSPS) is 11.4. The number of aryl methyl sites for hydroxylation is 2. The summed E-state index contributed by atoms with van der Waals surface area (Å²) in [6.07, 6.45) is 1.43. The van der Waals surface area contributed by atoms with Crippen molar-refractivity contribution >= 4 is 39.4 Å². The maximum Gasteiger partial charge on any atom is 0.264 e. The summed E-state index contributed by atoms with van der Waals surface area (Å²) in [6.45, 7) is 3.13. The summed E-state index contributed by atoms with van der Waals surface area (Å²) < 4.78 is 33.2. The number of halogens is 1. The van der Waals surface area contributed by atoms with Crippen LogP contribution in [0, 0.1) is 13.8 Å². The molecule has 1 N–H and O–H groups in total. The van der Waals surface area contributed by atoms with Crippen molar-refractivity contribution in [3.63, 3.8) is 0 Å². The van der Waals surface area contributed by atoms with Crippen LogP contribution in [-0.4, -0.2) is 34.2 Å². The maximum atomic E-state index is 13.5. The molecule has 3 aromatic carbocycles. The van der Waals surface area contributed by atoms with Crippen molar-refractivity contribution in [2.45, 2.75) is 18.7 Å². The predicted molar refractivity (Wildman–Crippen MR) is 131 cm³/mol. The van der Waals surface area contributed by atoms with Gasteiger partial charge in [-0.25, -0.2) is 13.8 Å². The number of carbonyl (C=O) groups is 1. The molecule has 0 aromatic heterocycles. The van der Waals surface area contributed by atoms with E-state index < -0.39 is 22.5 Å². The molecule has 3 rings (SSSR count). The Labute approximate surface area is 198 Å². The summed E-state index contributed by atoms with van der Waals surface area (Å²) >= 11 is 6.05. The molecule has 0 unspecified atom stereocenters. The SMILES string of the molecule is COc1ccccc1/C=N\NC(=O)CN(c1ccc(Cl)cc1C)S(=O)(=O)c1ccc(C)cc1. The zero-order valence-corrected chi connectivity index (χ0v) is 20.0. The number of sulfonamides is 1. The van der Waals surface area contributed by atoms with E-state index >= 15 is 0 Å². The molecule has 9 heteroatoms. The Hall–Kier alpha value is -3.36. The van der Waals surface area contributed by atoms with E-state index in [0.29, 0.717) is 27.6 Å². The molecule has 0 radical (unpaired) electrons. The molecular formula is C24H24ClN3O4S. The van der Waals surface area contributed by atoms with Crippen LogP contribution in [0.5, 0.6) is 5.75 Å². The number of anilines is 1. The van der Waals surface area contributed by atoms with E-state index in [0.717, 1.165) is 9.87 Å². The lowest BCUT2D eigenvalue weighted by Gasteiger charge is -2.25. The largest absolute Gasteiger partial charge is 0.496 e.